The maximum atomic E-state index is 12.2. The third kappa shape index (κ3) is 4.33. The molecule has 0 N–H and O–H groups in total. The molecule has 0 unspecified atom stereocenters. The third-order valence-electron chi connectivity index (χ3n) is 3.70. The molecule has 1 aliphatic heterocycles. The Hall–Kier alpha value is -3.02. The van der Waals surface area contributed by atoms with Crippen LogP contribution in [-0.2, 0) is 4.74 Å². The van der Waals surface area contributed by atoms with E-state index < -0.39 is 5.97 Å². The first kappa shape index (κ1) is 17.8. The Balaban J connectivity index is 1.54. The van der Waals surface area contributed by atoms with E-state index in [-0.39, 0.29) is 19.2 Å². The van der Waals surface area contributed by atoms with Gasteiger partial charge in [-0.1, -0.05) is 13.8 Å². The molecule has 0 saturated carbocycles. The van der Waals surface area contributed by atoms with Crippen LogP contribution in [0.1, 0.15) is 34.6 Å². The van der Waals surface area contributed by atoms with E-state index in [0.717, 1.165) is 0 Å². The average molecular weight is 356 g/mol. The highest BCUT2D eigenvalue weighted by Gasteiger charge is 2.17. The number of hydrogen-bond donors (Lipinski definition) is 0. The maximum absolute atomic E-state index is 12.2. The lowest BCUT2D eigenvalue weighted by Gasteiger charge is -2.09. The van der Waals surface area contributed by atoms with Gasteiger partial charge in [0.05, 0.1) is 12.2 Å². The van der Waals surface area contributed by atoms with Crippen LogP contribution in [0.25, 0.3) is 0 Å². The molecule has 3 rings (SSSR count). The van der Waals surface area contributed by atoms with Crippen LogP contribution in [0, 0.1) is 5.92 Å². The number of Topliss-reactive ketones (excluding diaryl/α,β-unsaturated/α-hetero) is 1. The molecule has 1 heterocycles. The summed E-state index contributed by atoms with van der Waals surface area (Å²) in [6, 6.07) is 11.5. The lowest BCUT2D eigenvalue weighted by atomic mass is 10.1. The van der Waals surface area contributed by atoms with Crippen molar-refractivity contribution in [3.63, 3.8) is 0 Å². The summed E-state index contributed by atoms with van der Waals surface area (Å²) in [5.41, 5.74) is 0.764. The van der Waals surface area contributed by atoms with Gasteiger partial charge in [-0.05, 0) is 48.4 Å². The number of carbonyl (C=O) groups excluding carboxylic acids is 2. The van der Waals surface area contributed by atoms with Crippen LogP contribution in [0.4, 0.5) is 0 Å². The molecule has 2 aromatic rings. The molecule has 6 heteroatoms. The van der Waals surface area contributed by atoms with Crippen LogP contribution >= 0.6 is 0 Å². The van der Waals surface area contributed by atoms with E-state index in [2.05, 4.69) is 13.8 Å². The fourth-order valence-electron chi connectivity index (χ4n) is 2.32. The summed E-state index contributed by atoms with van der Waals surface area (Å²) in [4.78, 5) is 24.3. The molecule has 26 heavy (non-hydrogen) atoms. The topological polar surface area (TPSA) is 71.1 Å². The van der Waals surface area contributed by atoms with Crippen LogP contribution in [0.15, 0.2) is 42.5 Å². The second-order valence-electron chi connectivity index (χ2n) is 6.30. The molecule has 0 radical (unpaired) electrons. The summed E-state index contributed by atoms with van der Waals surface area (Å²) in [5, 5.41) is 0. The summed E-state index contributed by atoms with van der Waals surface area (Å²) in [5.74, 6) is 1.34. The van der Waals surface area contributed by atoms with Gasteiger partial charge in [-0.15, -0.1) is 0 Å². The number of ether oxygens (including phenoxy) is 4. The zero-order valence-corrected chi connectivity index (χ0v) is 14.7. The molecule has 0 saturated heterocycles. The number of ketones is 1. The normalized spacial score (nSPS) is 12.1. The first-order valence-corrected chi connectivity index (χ1v) is 8.36. The van der Waals surface area contributed by atoms with E-state index >= 15 is 0 Å². The molecule has 0 aromatic heterocycles. The van der Waals surface area contributed by atoms with Gasteiger partial charge in [0.2, 0.25) is 6.79 Å². The molecule has 0 fully saturated rings. The number of fused-ring (bicyclic) bond motifs is 1. The van der Waals surface area contributed by atoms with Crippen molar-refractivity contribution in [3.8, 4) is 17.2 Å². The summed E-state index contributed by atoms with van der Waals surface area (Å²) < 4.78 is 21.1. The van der Waals surface area contributed by atoms with Crippen molar-refractivity contribution in [2.45, 2.75) is 13.8 Å². The van der Waals surface area contributed by atoms with Gasteiger partial charge in [0.15, 0.2) is 23.9 Å². The van der Waals surface area contributed by atoms with Crippen LogP contribution in [0.3, 0.4) is 0 Å². The Bertz CT molecular complexity index is 794. The number of carbonyl (C=O) groups is 2. The van der Waals surface area contributed by atoms with E-state index in [1.165, 1.54) is 0 Å². The van der Waals surface area contributed by atoms with Gasteiger partial charge in [-0.3, -0.25) is 4.79 Å². The predicted molar refractivity (Wildman–Crippen MR) is 94.0 cm³/mol. The van der Waals surface area contributed by atoms with E-state index in [1.54, 1.807) is 42.5 Å². The third-order valence-corrected chi connectivity index (χ3v) is 3.70. The summed E-state index contributed by atoms with van der Waals surface area (Å²) in [7, 11) is 0. The van der Waals surface area contributed by atoms with Crippen LogP contribution in [-0.4, -0.2) is 31.8 Å². The lowest BCUT2D eigenvalue weighted by molar-refractivity contribution is 0.0474. The Morgan fingerprint density at radius 2 is 1.69 bits per heavy atom. The van der Waals surface area contributed by atoms with Gasteiger partial charge in [-0.25, -0.2) is 4.79 Å². The summed E-state index contributed by atoms with van der Waals surface area (Å²) in [6.45, 7) is 4.52. The molecule has 136 valence electrons. The zero-order chi connectivity index (χ0) is 18.5. The average Bonchev–Trinajstić information content (AvgIpc) is 3.12. The quantitative estimate of drug-likeness (QED) is 0.559. The summed E-state index contributed by atoms with van der Waals surface area (Å²) >= 11 is 0. The van der Waals surface area contributed by atoms with Crippen molar-refractivity contribution < 1.29 is 28.5 Å². The van der Waals surface area contributed by atoms with Crippen molar-refractivity contribution in [1.29, 1.82) is 0 Å². The van der Waals surface area contributed by atoms with Crippen LogP contribution < -0.4 is 14.2 Å². The van der Waals surface area contributed by atoms with Crippen molar-refractivity contribution in [3.05, 3.63) is 53.6 Å². The molecule has 0 aliphatic carbocycles. The van der Waals surface area contributed by atoms with Gasteiger partial charge in [-0.2, -0.15) is 0 Å². The Morgan fingerprint density at radius 1 is 1.00 bits per heavy atom. The van der Waals surface area contributed by atoms with Gasteiger partial charge in [0.25, 0.3) is 0 Å². The highest BCUT2D eigenvalue weighted by atomic mass is 16.7. The lowest BCUT2D eigenvalue weighted by Crippen LogP contribution is -2.14. The van der Waals surface area contributed by atoms with Crippen molar-refractivity contribution in [1.82, 2.24) is 0 Å². The minimum Gasteiger partial charge on any atom is -0.493 e. The van der Waals surface area contributed by atoms with Crippen LogP contribution in [0.5, 0.6) is 17.2 Å². The molecule has 0 bridgehead atoms. The van der Waals surface area contributed by atoms with Crippen molar-refractivity contribution >= 4 is 11.8 Å². The Labute approximate surface area is 151 Å². The number of esters is 1. The van der Waals surface area contributed by atoms with E-state index in [1.807, 2.05) is 0 Å². The highest BCUT2D eigenvalue weighted by Crippen LogP contribution is 2.32. The second kappa shape index (κ2) is 7.91. The fourth-order valence-corrected chi connectivity index (χ4v) is 2.32. The molecule has 0 atom stereocenters. The molecular formula is C20H20O6. The maximum Gasteiger partial charge on any atom is 0.338 e. The standard InChI is InChI=1S/C20H20O6/c1-13(2)10-23-16-6-3-14(4-7-16)20(22)24-11-17(21)15-5-8-18-19(9-15)26-12-25-18/h3-9,13H,10-12H2,1-2H3. The first-order chi connectivity index (χ1) is 12.5. The molecule has 6 nitrogen and oxygen atoms in total. The zero-order valence-electron chi connectivity index (χ0n) is 14.7. The van der Waals surface area contributed by atoms with Crippen molar-refractivity contribution in [2.24, 2.45) is 5.92 Å². The monoisotopic (exact) mass is 356 g/mol. The Kier molecular flexibility index (Phi) is 5.41. The van der Waals surface area contributed by atoms with E-state index in [9.17, 15) is 9.59 Å². The van der Waals surface area contributed by atoms with Gasteiger partial charge < -0.3 is 18.9 Å². The summed E-state index contributed by atoms with van der Waals surface area (Å²) in [6.07, 6.45) is 0. The van der Waals surface area contributed by atoms with Gasteiger partial charge in [0, 0.05) is 5.56 Å². The van der Waals surface area contributed by atoms with E-state index in [0.29, 0.717) is 40.9 Å². The fraction of sp³-hybridized carbons (Fsp3) is 0.300. The van der Waals surface area contributed by atoms with Gasteiger partial charge in [0.1, 0.15) is 5.75 Å². The highest BCUT2D eigenvalue weighted by molar-refractivity contribution is 5.99. The van der Waals surface area contributed by atoms with E-state index in [4.69, 9.17) is 18.9 Å². The smallest absolute Gasteiger partial charge is 0.338 e. The molecular weight excluding hydrogens is 336 g/mol. The second-order valence-corrected chi connectivity index (χ2v) is 6.30. The largest absolute Gasteiger partial charge is 0.493 e. The molecule has 0 amide bonds. The number of benzene rings is 2. The number of hydrogen-bond acceptors (Lipinski definition) is 6. The molecule has 0 spiro atoms. The van der Waals surface area contributed by atoms with Crippen molar-refractivity contribution in [2.75, 3.05) is 20.0 Å². The Morgan fingerprint density at radius 3 is 2.42 bits per heavy atom. The molecule has 2 aromatic carbocycles. The first-order valence-electron chi connectivity index (χ1n) is 8.36. The predicted octanol–water partition coefficient (Wildman–Crippen LogP) is 3.49. The van der Waals surface area contributed by atoms with Crippen LogP contribution in [0.2, 0.25) is 0 Å². The van der Waals surface area contributed by atoms with Gasteiger partial charge >= 0.3 is 5.97 Å². The minimum atomic E-state index is -0.561. The number of rotatable bonds is 7. The minimum absolute atomic E-state index is 0.138. The SMILES string of the molecule is CC(C)COc1ccc(C(=O)OCC(=O)c2ccc3c(c2)OCO3)cc1. The molecule has 1 aliphatic rings.